The van der Waals surface area contributed by atoms with Gasteiger partial charge in [-0.3, -0.25) is 4.79 Å². The number of carbonyl (C=O) groups excluding carboxylic acids is 1. The zero-order chi connectivity index (χ0) is 13.8. The van der Waals surface area contributed by atoms with Crippen LogP contribution in [0.2, 0.25) is 0 Å². The molecule has 1 amide bonds. The summed E-state index contributed by atoms with van der Waals surface area (Å²) in [4.78, 5) is 11.0. The van der Waals surface area contributed by atoms with Crippen LogP contribution in [0.15, 0.2) is 0 Å². The van der Waals surface area contributed by atoms with Crippen molar-refractivity contribution in [3.8, 4) is 0 Å². The van der Waals surface area contributed by atoms with Gasteiger partial charge < -0.3 is 15.6 Å². The van der Waals surface area contributed by atoms with Crippen LogP contribution < -0.4 is 11.1 Å². The maximum Gasteiger partial charge on any atom is 0.220 e. The summed E-state index contributed by atoms with van der Waals surface area (Å²) >= 11 is -1.65. The van der Waals surface area contributed by atoms with Gasteiger partial charge in [0.15, 0.2) is 11.1 Å². The van der Waals surface area contributed by atoms with Crippen molar-refractivity contribution in [3.05, 3.63) is 0 Å². The highest BCUT2D eigenvalue weighted by molar-refractivity contribution is 7.79. The van der Waals surface area contributed by atoms with E-state index in [1.165, 1.54) is 0 Å². The Kier molecular flexibility index (Phi) is 13.3. The third-order valence-electron chi connectivity index (χ3n) is 1.57. The monoisotopic (exact) mass is 266 g/mol. The molecule has 104 valence electrons. The summed E-state index contributed by atoms with van der Waals surface area (Å²) in [7, 11) is 0. The number of nitrogens with one attached hydrogen (secondary N) is 1. The zero-order valence-electron chi connectivity index (χ0n) is 11.2. The number of nitrogens with two attached hydrogens (primary N) is 1. The molecule has 5 nitrogen and oxygen atoms in total. The topological polar surface area (TPSA) is 92.4 Å². The Balaban J connectivity index is 0. The fraction of sp³-hybridized carbons (Fsp3) is 0.909. The molecule has 0 radical (unpaired) electrons. The lowest BCUT2D eigenvalue weighted by Crippen LogP contribution is -2.30. The molecule has 0 bridgehead atoms. The smallest absolute Gasteiger partial charge is 0.220 e. The van der Waals surface area contributed by atoms with Gasteiger partial charge in [-0.15, -0.1) is 0 Å². The van der Waals surface area contributed by atoms with Crippen molar-refractivity contribution in [1.82, 2.24) is 5.32 Å². The standard InChI is InChI=1S/C8H17NO.C3H9NO2S/c1-6(2)5-8(10)9-7(3)4;4-2-1-3-7(5)6/h6-7H,5H2,1-4H3,(H,9,10);1-4H2,(H,5,6). The van der Waals surface area contributed by atoms with Crippen molar-refractivity contribution in [3.63, 3.8) is 0 Å². The highest BCUT2D eigenvalue weighted by Crippen LogP contribution is 1.98. The van der Waals surface area contributed by atoms with E-state index in [2.05, 4.69) is 5.32 Å². The van der Waals surface area contributed by atoms with E-state index in [0.29, 0.717) is 31.1 Å². The fourth-order valence-corrected chi connectivity index (χ4v) is 1.37. The molecule has 0 aromatic heterocycles. The zero-order valence-corrected chi connectivity index (χ0v) is 12.0. The number of amides is 1. The normalized spacial score (nSPS) is 12.0. The van der Waals surface area contributed by atoms with Gasteiger partial charge in [-0.1, -0.05) is 13.8 Å². The van der Waals surface area contributed by atoms with Crippen LogP contribution in [0.5, 0.6) is 0 Å². The van der Waals surface area contributed by atoms with Gasteiger partial charge in [0.05, 0.1) is 5.75 Å². The molecule has 0 aliphatic carbocycles. The Bertz CT molecular complexity index is 209. The molecular weight excluding hydrogens is 240 g/mol. The lowest BCUT2D eigenvalue weighted by molar-refractivity contribution is -0.122. The molecule has 0 saturated carbocycles. The molecule has 0 fully saturated rings. The number of rotatable bonds is 6. The van der Waals surface area contributed by atoms with Crippen LogP contribution in [0, 0.1) is 5.92 Å². The van der Waals surface area contributed by atoms with E-state index < -0.39 is 11.1 Å². The van der Waals surface area contributed by atoms with Crippen molar-refractivity contribution in [1.29, 1.82) is 0 Å². The lowest BCUT2D eigenvalue weighted by Gasteiger charge is -2.09. The predicted octanol–water partition coefficient (Wildman–Crippen LogP) is 1.11. The lowest BCUT2D eigenvalue weighted by atomic mass is 10.1. The first kappa shape index (κ1) is 18.9. The molecule has 0 aliphatic rings. The molecule has 1 unspecified atom stereocenters. The summed E-state index contributed by atoms with van der Waals surface area (Å²) in [6, 6.07) is 0.270. The Morgan fingerprint density at radius 2 is 1.88 bits per heavy atom. The molecule has 0 aromatic rings. The van der Waals surface area contributed by atoms with Gasteiger partial charge in [-0.2, -0.15) is 0 Å². The average molecular weight is 266 g/mol. The fourth-order valence-electron chi connectivity index (χ4n) is 0.959. The summed E-state index contributed by atoms with van der Waals surface area (Å²) in [5.41, 5.74) is 5.03. The third kappa shape index (κ3) is 21.4. The van der Waals surface area contributed by atoms with E-state index in [4.69, 9.17) is 10.3 Å². The quantitative estimate of drug-likeness (QED) is 0.628. The highest BCUT2D eigenvalue weighted by atomic mass is 32.2. The minimum absolute atomic E-state index is 0.157. The second-order valence-corrected chi connectivity index (χ2v) is 5.54. The van der Waals surface area contributed by atoms with Crippen LogP contribution in [-0.2, 0) is 15.9 Å². The average Bonchev–Trinajstić information content (AvgIpc) is 2.12. The van der Waals surface area contributed by atoms with E-state index >= 15 is 0 Å². The van der Waals surface area contributed by atoms with Gasteiger partial charge in [-0.25, -0.2) is 4.21 Å². The number of hydrogen-bond donors (Lipinski definition) is 3. The molecule has 0 heterocycles. The minimum atomic E-state index is -1.65. The Labute approximate surface area is 107 Å². The first-order valence-corrected chi connectivity index (χ1v) is 7.14. The Hall–Kier alpha value is -0.460. The Morgan fingerprint density at radius 1 is 1.35 bits per heavy atom. The maximum atomic E-state index is 11.0. The molecule has 0 saturated heterocycles. The molecule has 0 aliphatic heterocycles. The molecular formula is C11H26N2O3S. The molecule has 0 aromatic carbocycles. The highest BCUT2D eigenvalue weighted by Gasteiger charge is 2.04. The van der Waals surface area contributed by atoms with E-state index in [1.807, 2.05) is 27.7 Å². The maximum absolute atomic E-state index is 11.0. The van der Waals surface area contributed by atoms with Crippen LogP contribution in [0.3, 0.4) is 0 Å². The van der Waals surface area contributed by atoms with Crippen LogP contribution >= 0.6 is 0 Å². The SMILES string of the molecule is CC(C)CC(=O)NC(C)C.NCCCS(=O)O. The van der Waals surface area contributed by atoms with Crippen molar-refractivity contribution in [2.24, 2.45) is 11.7 Å². The molecule has 1 atom stereocenters. The predicted molar refractivity (Wildman–Crippen MR) is 72.0 cm³/mol. The van der Waals surface area contributed by atoms with Crippen molar-refractivity contribution < 1.29 is 13.6 Å². The van der Waals surface area contributed by atoms with Crippen molar-refractivity contribution in [2.45, 2.75) is 46.6 Å². The second kappa shape index (κ2) is 12.0. The van der Waals surface area contributed by atoms with E-state index in [1.54, 1.807) is 0 Å². The van der Waals surface area contributed by atoms with Crippen LogP contribution in [0.1, 0.15) is 40.5 Å². The molecule has 4 N–H and O–H groups in total. The summed E-state index contributed by atoms with van der Waals surface area (Å²) in [6.45, 7) is 8.52. The number of hydrogen-bond acceptors (Lipinski definition) is 3. The van der Waals surface area contributed by atoms with Crippen LogP contribution in [0.25, 0.3) is 0 Å². The molecule has 0 spiro atoms. The van der Waals surface area contributed by atoms with Crippen LogP contribution in [0.4, 0.5) is 0 Å². The molecule has 17 heavy (non-hydrogen) atoms. The van der Waals surface area contributed by atoms with Gasteiger partial charge in [0.1, 0.15) is 0 Å². The summed E-state index contributed by atoms with van der Waals surface area (Å²) < 4.78 is 17.9. The van der Waals surface area contributed by atoms with Gasteiger partial charge in [0.25, 0.3) is 0 Å². The Morgan fingerprint density at radius 3 is 2.12 bits per heavy atom. The molecule has 0 rings (SSSR count). The summed E-state index contributed by atoms with van der Waals surface area (Å²) in [5, 5.41) is 2.84. The first-order chi connectivity index (χ1) is 7.79. The van der Waals surface area contributed by atoms with E-state index in [0.717, 1.165) is 0 Å². The van der Waals surface area contributed by atoms with E-state index in [-0.39, 0.29) is 11.9 Å². The minimum Gasteiger partial charge on any atom is -0.354 e. The van der Waals surface area contributed by atoms with Crippen molar-refractivity contribution >= 4 is 17.0 Å². The second-order valence-electron chi connectivity index (χ2n) is 4.49. The number of carbonyl (C=O) groups is 1. The van der Waals surface area contributed by atoms with Gasteiger partial charge in [0, 0.05) is 12.5 Å². The first-order valence-electron chi connectivity index (χ1n) is 5.86. The van der Waals surface area contributed by atoms with E-state index in [9.17, 15) is 9.00 Å². The van der Waals surface area contributed by atoms with Gasteiger partial charge in [0.2, 0.25) is 5.91 Å². The van der Waals surface area contributed by atoms with Gasteiger partial charge >= 0.3 is 0 Å². The summed E-state index contributed by atoms with van der Waals surface area (Å²) in [5.74, 6) is 0.917. The van der Waals surface area contributed by atoms with Gasteiger partial charge in [-0.05, 0) is 32.7 Å². The summed E-state index contributed by atoms with van der Waals surface area (Å²) in [6.07, 6.45) is 1.27. The largest absolute Gasteiger partial charge is 0.354 e. The third-order valence-corrected chi connectivity index (χ3v) is 2.20. The van der Waals surface area contributed by atoms with Crippen LogP contribution in [-0.4, -0.2) is 33.0 Å². The molecule has 6 heteroatoms. The van der Waals surface area contributed by atoms with Crippen molar-refractivity contribution in [2.75, 3.05) is 12.3 Å².